The van der Waals surface area contributed by atoms with E-state index in [-0.39, 0.29) is 18.7 Å². The molecule has 1 fully saturated rings. The summed E-state index contributed by atoms with van der Waals surface area (Å²) < 4.78 is 5.45. The first kappa shape index (κ1) is 15.1. The lowest BCUT2D eigenvalue weighted by atomic mass is 9.78. The van der Waals surface area contributed by atoms with Crippen molar-refractivity contribution in [2.45, 2.75) is 45.8 Å². The van der Waals surface area contributed by atoms with Crippen LogP contribution in [0.25, 0.3) is 0 Å². The minimum Gasteiger partial charge on any atom is -0.444 e. The molecule has 1 amide bonds. The lowest BCUT2D eigenvalue weighted by Gasteiger charge is -2.43. The highest BCUT2D eigenvalue weighted by Gasteiger charge is 2.38. The molecule has 3 atom stereocenters. The van der Waals surface area contributed by atoms with E-state index in [4.69, 9.17) is 4.74 Å². The van der Waals surface area contributed by atoms with E-state index >= 15 is 0 Å². The summed E-state index contributed by atoms with van der Waals surface area (Å²) in [5.74, 6) is 0.741. The number of fused-ring (bicyclic) bond motifs is 1. The van der Waals surface area contributed by atoms with Crippen molar-refractivity contribution in [2.24, 2.45) is 11.8 Å². The molecule has 0 bridgehead atoms. The zero-order valence-electron chi connectivity index (χ0n) is 12.8. The molecule has 4 nitrogen and oxygen atoms in total. The molecule has 1 aliphatic carbocycles. The number of rotatable bonds is 1. The zero-order valence-corrected chi connectivity index (χ0v) is 12.8. The number of amides is 1. The van der Waals surface area contributed by atoms with Crippen LogP contribution < -0.4 is 0 Å². The molecular formula is C16H25NO3. The molecule has 4 heteroatoms. The van der Waals surface area contributed by atoms with Gasteiger partial charge in [0.05, 0.1) is 12.6 Å². The van der Waals surface area contributed by atoms with E-state index < -0.39 is 5.60 Å². The second-order valence-electron chi connectivity index (χ2n) is 6.80. The van der Waals surface area contributed by atoms with Crippen LogP contribution in [0.4, 0.5) is 4.79 Å². The molecule has 1 aliphatic heterocycles. The minimum atomic E-state index is -0.507. The van der Waals surface area contributed by atoms with Gasteiger partial charge in [-0.2, -0.15) is 0 Å². The minimum absolute atomic E-state index is 0.0148. The van der Waals surface area contributed by atoms with Crippen LogP contribution in [0, 0.1) is 11.8 Å². The Balaban J connectivity index is 2.10. The molecule has 0 aromatic carbocycles. The van der Waals surface area contributed by atoms with Crippen molar-refractivity contribution >= 4 is 6.09 Å². The quantitative estimate of drug-likeness (QED) is 0.803. The third-order valence-electron chi connectivity index (χ3n) is 3.86. The molecule has 0 saturated carbocycles. The third-order valence-corrected chi connectivity index (χ3v) is 3.86. The number of aliphatic hydroxyl groups excluding tert-OH is 1. The zero-order chi connectivity index (χ0) is 14.9. The summed E-state index contributed by atoms with van der Waals surface area (Å²) in [7, 11) is 0. The van der Waals surface area contributed by atoms with Gasteiger partial charge in [0.1, 0.15) is 5.60 Å². The smallest absolute Gasteiger partial charge is 0.410 e. The highest BCUT2D eigenvalue weighted by molar-refractivity contribution is 5.69. The molecule has 1 heterocycles. The third kappa shape index (κ3) is 3.42. The number of aliphatic hydroxyl groups is 1. The van der Waals surface area contributed by atoms with Crippen molar-refractivity contribution in [3.8, 4) is 0 Å². The average Bonchev–Trinajstić information content (AvgIpc) is 2.34. The summed E-state index contributed by atoms with van der Waals surface area (Å²) in [4.78, 5) is 14.0. The number of carbonyl (C=O) groups excluding carboxylic acids is 1. The standard InChI is InChI=1S/C16H25NO3/c1-11-5-6-12-9-17(15(19)20-16(2,3)4)14(10-18)8-13(12)7-11/h5-7,12-14,18H,8-10H2,1-4H3/t12?,13?,14-/m0/s1. The molecule has 112 valence electrons. The first-order chi connectivity index (χ1) is 9.30. The van der Waals surface area contributed by atoms with Crippen molar-refractivity contribution < 1.29 is 14.6 Å². The summed E-state index contributed by atoms with van der Waals surface area (Å²) in [5.41, 5.74) is 0.751. The largest absolute Gasteiger partial charge is 0.444 e. The number of ether oxygens (including phenoxy) is 1. The van der Waals surface area contributed by atoms with Crippen LogP contribution in [0.15, 0.2) is 23.8 Å². The van der Waals surface area contributed by atoms with E-state index in [1.54, 1.807) is 4.90 Å². The van der Waals surface area contributed by atoms with Gasteiger partial charge < -0.3 is 14.7 Å². The average molecular weight is 279 g/mol. The van der Waals surface area contributed by atoms with Gasteiger partial charge in [0.15, 0.2) is 0 Å². The number of piperidine rings is 1. The molecule has 0 aromatic heterocycles. The van der Waals surface area contributed by atoms with Crippen LogP contribution in [-0.4, -0.2) is 40.9 Å². The van der Waals surface area contributed by atoms with Gasteiger partial charge in [0.25, 0.3) is 0 Å². The second kappa shape index (κ2) is 5.60. The van der Waals surface area contributed by atoms with Crippen LogP contribution in [0.2, 0.25) is 0 Å². The van der Waals surface area contributed by atoms with Crippen LogP contribution in [0.5, 0.6) is 0 Å². The normalized spacial score (nSPS) is 29.8. The van der Waals surface area contributed by atoms with Crippen molar-refractivity contribution in [3.63, 3.8) is 0 Å². The lowest BCUT2D eigenvalue weighted by molar-refractivity contribution is -0.00853. The monoisotopic (exact) mass is 279 g/mol. The maximum atomic E-state index is 12.3. The van der Waals surface area contributed by atoms with Crippen LogP contribution in [-0.2, 0) is 4.74 Å². The van der Waals surface area contributed by atoms with Gasteiger partial charge in [0, 0.05) is 12.5 Å². The van der Waals surface area contributed by atoms with Crippen LogP contribution in [0.1, 0.15) is 34.1 Å². The molecule has 2 aliphatic rings. The Morgan fingerprint density at radius 1 is 1.45 bits per heavy atom. The predicted octanol–water partition coefficient (Wildman–Crippen LogP) is 2.74. The Hall–Kier alpha value is -1.29. The van der Waals surface area contributed by atoms with E-state index in [1.165, 1.54) is 5.57 Å². The van der Waals surface area contributed by atoms with Crippen LogP contribution in [0.3, 0.4) is 0 Å². The number of nitrogens with zero attached hydrogens (tertiary/aromatic N) is 1. The van der Waals surface area contributed by atoms with Crippen LogP contribution >= 0.6 is 0 Å². The van der Waals surface area contributed by atoms with Crippen molar-refractivity contribution in [1.82, 2.24) is 4.90 Å². The SMILES string of the molecule is CC1=CC2C[C@@H](CO)N(C(=O)OC(C)(C)C)CC2C=C1. The summed E-state index contributed by atoms with van der Waals surface area (Å²) in [6, 6.07) is -0.151. The molecule has 0 spiro atoms. The molecule has 1 saturated heterocycles. The van der Waals surface area contributed by atoms with Gasteiger partial charge in [-0.15, -0.1) is 0 Å². The Kier molecular flexibility index (Phi) is 4.23. The predicted molar refractivity (Wildman–Crippen MR) is 78.3 cm³/mol. The molecule has 2 rings (SSSR count). The number of allylic oxidation sites excluding steroid dienone is 3. The molecule has 20 heavy (non-hydrogen) atoms. The fourth-order valence-electron chi connectivity index (χ4n) is 2.91. The van der Waals surface area contributed by atoms with Gasteiger partial charge in [-0.1, -0.05) is 23.8 Å². The maximum absolute atomic E-state index is 12.3. The first-order valence-corrected chi connectivity index (χ1v) is 7.27. The van der Waals surface area contributed by atoms with E-state index in [0.29, 0.717) is 18.4 Å². The number of hydrogen-bond acceptors (Lipinski definition) is 3. The molecule has 1 N–H and O–H groups in total. The highest BCUT2D eigenvalue weighted by atomic mass is 16.6. The van der Waals surface area contributed by atoms with Gasteiger partial charge >= 0.3 is 6.09 Å². The Morgan fingerprint density at radius 2 is 2.15 bits per heavy atom. The molecule has 2 unspecified atom stereocenters. The fraction of sp³-hybridized carbons (Fsp3) is 0.688. The van der Waals surface area contributed by atoms with Gasteiger partial charge in [-0.05, 0) is 40.0 Å². The number of hydrogen-bond donors (Lipinski definition) is 1. The van der Waals surface area contributed by atoms with Crippen molar-refractivity contribution in [2.75, 3.05) is 13.2 Å². The molecular weight excluding hydrogens is 254 g/mol. The summed E-state index contributed by atoms with van der Waals surface area (Å²) in [6.45, 7) is 8.26. The topological polar surface area (TPSA) is 49.8 Å². The number of likely N-dealkylation sites (tertiary alicyclic amines) is 1. The van der Waals surface area contributed by atoms with E-state index in [2.05, 4.69) is 25.2 Å². The number of carbonyl (C=O) groups is 1. The van der Waals surface area contributed by atoms with E-state index in [0.717, 1.165) is 6.42 Å². The summed E-state index contributed by atoms with van der Waals surface area (Å²) in [5, 5.41) is 9.58. The Labute approximate surface area is 121 Å². The van der Waals surface area contributed by atoms with E-state index in [1.807, 2.05) is 20.8 Å². The first-order valence-electron chi connectivity index (χ1n) is 7.27. The summed E-state index contributed by atoms with van der Waals surface area (Å²) in [6.07, 6.45) is 7.00. The fourth-order valence-corrected chi connectivity index (χ4v) is 2.91. The van der Waals surface area contributed by atoms with Gasteiger partial charge in [0.2, 0.25) is 0 Å². The second-order valence-corrected chi connectivity index (χ2v) is 6.80. The highest BCUT2D eigenvalue weighted by Crippen LogP contribution is 2.34. The maximum Gasteiger partial charge on any atom is 0.410 e. The summed E-state index contributed by atoms with van der Waals surface area (Å²) >= 11 is 0. The van der Waals surface area contributed by atoms with Gasteiger partial charge in [-0.3, -0.25) is 0 Å². The van der Waals surface area contributed by atoms with Crippen molar-refractivity contribution in [3.05, 3.63) is 23.8 Å². The lowest BCUT2D eigenvalue weighted by Crippen LogP contribution is -2.52. The van der Waals surface area contributed by atoms with E-state index in [9.17, 15) is 9.90 Å². The molecule has 0 aromatic rings. The Morgan fingerprint density at radius 3 is 2.75 bits per heavy atom. The molecule has 0 radical (unpaired) electrons. The van der Waals surface area contributed by atoms with Gasteiger partial charge in [-0.25, -0.2) is 4.79 Å². The Bertz CT molecular complexity index is 433. The van der Waals surface area contributed by atoms with Crippen molar-refractivity contribution in [1.29, 1.82) is 0 Å².